The zero-order chi connectivity index (χ0) is 17.2. The van der Waals surface area contributed by atoms with E-state index in [0.717, 1.165) is 47.7 Å². The Morgan fingerprint density at radius 2 is 1.80 bits per heavy atom. The van der Waals surface area contributed by atoms with Crippen LogP contribution in [0.4, 0.5) is 0 Å². The Hall–Kier alpha value is -2.59. The summed E-state index contributed by atoms with van der Waals surface area (Å²) in [6, 6.07) is 14.3. The van der Waals surface area contributed by atoms with Crippen LogP contribution >= 0.6 is 0 Å². The first-order valence-corrected chi connectivity index (χ1v) is 8.64. The lowest BCUT2D eigenvalue weighted by molar-refractivity contribution is -0.108. The molecule has 0 amide bonds. The first kappa shape index (κ1) is 15.9. The second-order valence-electron chi connectivity index (χ2n) is 6.41. The van der Waals surface area contributed by atoms with E-state index >= 15 is 0 Å². The number of rotatable bonds is 3. The third-order valence-electron chi connectivity index (χ3n) is 4.84. The fraction of sp³-hybridized carbons (Fsp3) is 0.286. The van der Waals surface area contributed by atoms with Gasteiger partial charge >= 0.3 is 0 Å². The zero-order valence-corrected chi connectivity index (χ0v) is 14.3. The third-order valence-corrected chi connectivity index (χ3v) is 4.84. The van der Waals surface area contributed by atoms with Gasteiger partial charge in [0.25, 0.3) is 0 Å². The van der Waals surface area contributed by atoms with Crippen LogP contribution in [0.15, 0.2) is 54.4 Å². The molecule has 128 valence electrons. The normalized spacial score (nSPS) is 19.6. The van der Waals surface area contributed by atoms with Crippen LogP contribution in [0.25, 0.3) is 11.1 Å². The monoisotopic (exact) mass is 335 g/mol. The number of aldehydes is 1. The van der Waals surface area contributed by atoms with Gasteiger partial charge in [0.2, 0.25) is 0 Å². The number of para-hydroxylation sites is 1. The van der Waals surface area contributed by atoms with Crippen LogP contribution in [0.2, 0.25) is 0 Å². The van der Waals surface area contributed by atoms with Crippen LogP contribution in [0.5, 0.6) is 5.75 Å². The van der Waals surface area contributed by atoms with Gasteiger partial charge in [-0.2, -0.15) is 0 Å². The second kappa shape index (κ2) is 6.73. The molecule has 4 nitrogen and oxygen atoms in total. The highest BCUT2D eigenvalue weighted by molar-refractivity contribution is 5.79. The van der Waals surface area contributed by atoms with Gasteiger partial charge in [-0.25, -0.2) is 0 Å². The summed E-state index contributed by atoms with van der Waals surface area (Å²) in [5, 5.41) is 0. The molecule has 2 aliphatic rings. The number of nitrogens with zero attached hydrogens (tertiary/aromatic N) is 1. The number of allylic oxidation sites excluding steroid dienone is 1. The quantitative estimate of drug-likeness (QED) is 0.805. The first-order chi connectivity index (χ1) is 12.3. The highest BCUT2D eigenvalue weighted by atomic mass is 16.5. The fourth-order valence-electron chi connectivity index (χ4n) is 3.47. The number of carbonyl (C=O) groups excluding carboxylic acids is 1. The maximum Gasteiger partial charge on any atom is 0.193 e. The van der Waals surface area contributed by atoms with E-state index in [2.05, 4.69) is 30.0 Å². The summed E-state index contributed by atoms with van der Waals surface area (Å²) in [7, 11) is 0. The van der Waals surface area contributed by atoms with E-state index in [9.17, 15) is 4.79 Å². The van der Waals surface area contributed by atoms with Crippen molar-refractivity contribution in [2.24, 2.45) is 0 Å². The molecular weight excluding hydrogens is 314 g/mol. The minimum atomic E-state index is -0.287. The van der Waals surface area contributed by atoms with E-state index in [0.29, 0.717) is 13.2 Å². The highest BCUT2D eigenvalue weighted by Gasteiger charge is 2.28. The van der Waals surface area contributed by atoms with E-state index in [1.165, 1.54) is 5.56 Å². The van der Waals surface area contributed by atoms with Crippen LogP contribution in [-0.4, -0.2) is 37.5 Å². The predicted molar refractivity (Wildman–Crippen MR) is 96.5 cm³/mol. The minimum Gasteiger partial charge on any atom is -0.441 e. The Balaban J connectivity index is 1.79. The van der Waals surface area contributed by atoms with Crippen molar-refractivity contribution in [1.29, 1.82) is 0 Å². The molecule has 4 rings (SSSR count). The molecule has 0 N–H and O–H groups in total. The van der Waals surface area contributed by atoms with Gasteiger partial charge in [-0.1, -0.05) is 42.5 Å². The number of hydrogen-bond donors (Lipinski definition) is 0. The van der Waals surface area contributed by atoms with Crippen molar-refractivity contribution in [2.75, 3.05) is 26.3 Å². The molecule has 0 aromatic heterocycles. The van der Waals surface area contributed by atoms with Gasteiger partial charge in [-0.15, -0.1) is 0 Å². The van der Waals surface area contributed by atoms with Crippen molar-refractivity contribution in [3.63, 3.8) is 0 Å². The molecule has 1 unspecified atom stereocenters. The second-order valence-corrected chi connectivity index (χ2v) is 6.41. The van der Waals surface area contributed by atoms with E-state index < -0.39 is 0 Å². The predicted octanol–water partition coefficient (Wildman–Crippen LogP) is 3.51. The molecule has 0 radical (unpaired) electrons. The fourth-order valence-corrected chi connectivity index (χ4v) is 3.47. The molecular formula is C21H21NO3. The molecule has 0 bridgehead atoms. The summed E-state index contributed by atoms with van der Waals surface area (Å²) in [5.74, 6) is 1.26. The number of ether oxygens (including phenoxy) is 2. The highest BCUT2D eigenvalue weighted by Crippen LogP contribution is 2.42. The molecule has 1 fully saturated rings. The van der Waals surface area contributed by atoms with Crippen molar-refractivity contribution in [1.82, 2.24) is 4.90 Å². The SMILES string of the molecule is Cc1ccccc1-c1cccc2c1OC(N1CCOCC1)=CC2C=O. The maximum atomic E-state index is 11.7. The van der Waals surface area contributed by atoms with Crippen LogP contribution in [0.3, 0.4) is 0 Å². The number of hydrogen-bond acceptors (Lipinski definition) is 4. The lowest BCUT2D eigenvalue weighted by atomic mass is 9.91. The molecule has 0 saturated carbocycles. The van der Waals surface area contributed by atoms with Gasteiger partial charge in [0.15, 0.2) is 5.88 Å². The van der Waals surface area contributed by atoms with Crippen LogP contribution in [0.1, 0.15) is 17.0 Å². The standard InChI is InChI=1S/C21H21NO3/c1-15-5-2-3-6-17(15)19-8-4-7-18-16(14-23)13-20(25-21(18)19)22-9-11-24-12-10-22/h2-8,13-14,16H,9-12H2,1H3. The Labute approximate surface area is 147 Å². The molecule has 2 aliphatic heterocycles. The smallest absolute Gasteiger partial charge is 0.193 e. The summed E-state index contributed by atoms with van der Waals surface area (Å²) in [6.45, 7) is 5.00. The Morgan fingerprint density at radius 3 is 2.56 bits per heavy atom. The Kier molecular flexibility index (Phi) is 4.28. The summed E-state index contributed by atoms with van der Waals surface area (Å²) in [5.41, 5.74) is 4.27. The van der Waals surface area contributed by atoms with Gasteiger partial charge in [-0.3, -0.25) is 0 Å². The Bertz CT molecular complexity index is 822. The van der Waals surface area contributed by atoms with Crippen molar-refractivity contribution >= 4 is 6.29 Å². The first-order valence-electron chi connectivity index (χ1n) is 8.64. The average molecular weight is 335 g/mol. The largest absolute Gasteiger partial charge is 0.441 e. The number of carbonyl (C=O) groups is 1. The summed E-state index contributed by atoms with van der Waals surface area (Å²) in [4.78, 5) is 13.9. The molecule has 4 heteroatoms. The van der Waals surface area contributed by atoms with Gasteiger partial charge < -0.3 is 19.2 Å². The minimum absolute atomic E-state index is 0.287. The topological polar surface area (TPSA) is 38.8 Å². The third kappa shape index (κ3) is 2.94. The van der Waals surface area contributed by atoms with Gasteiger partial charge in [0.05, 0.1) is 19.1 Å². The number of aryl methyl sites for hydroxylation is 1. The zero-order valence-electron chi connectivity index (χ0n) is 14.3. The molecule has 2 heterocycles. The van der Waals surface area contributed by atoms with Crippen LogP contribution in [0, 0.1) is 6.92 Å². The molecule has 1 saturated heterocycles. The molecule has 1 atom stereocenters. The average Bonchev–Trinajstić information content (AvgIpc) is 2.68. The maximum absolute atomic E-state index is 11.7. The molecule has 25 heavy (non-hydrogen) atoms. The molecule has 2 aromatic rings. The summed E-state index contributed by atoms with van der Waals surface area (Å²) >= 11 is 0. The van der Waals surface area contributed by atoms with Crippen molar-refractivity contribution in [3.8, 4) is 16.9 Å². The number of morpholine rings is 1. The van der Waals surface area contributed by atoms with Crippen LogP contribution in [-0.2, 0) is 9.53 Å². The van der Waals surface area contributed by atoms with E-state index in [1.807, 2.05) is 30.3 Å². The number of fused-ring (bicyclic) bond motifs is 1. The van der Waals surface area contributed by atoms with E-state index in [1.54, 1.807) is 0 Å². The van der Waals surface area contributed by atoms with Gasteiger partial charge in [0, 0.05) is 24.2 Å². The lowest BCUT2D eigenvalue weighted by Gasteiger charge is -2.34. The van der Waals surface area contributed by atoms with Gasteiger partial charge in [0.1, 0.15) is 12.0 Å². The van der Waals surface area contributed by atoms with E-state index in [-0.39, 0.29) is 5.92 Å². The lowest BCUT2D eigenvalue weighted by Crippen LogP contribution is -2.38. The van der Waals surface area contributed by atoms with Crippen molar-refractivity contribution < 1.29 is 14.3 Å². The molecule has 0 spiro atoms. The summed E-state index contributed by atoms with van der Waals surface area (Å²) in [6.07, 6.45) is 2.91. The molecule has 2 aromatic carbocycles. The molecule has 0 aliphatic carbocycles. The van der Waals surface area contributed by atoms with Crippen molar-refractivity contribution in [2.45, 2.75) is 12.8 Å². The Morgan fingerprint density at radius 1 is 1.04 bits per heavy atom. The van der Waals surface area contributed by atoms with Crippen LogP contribution < -0.4 is 4.74 Å². The summed E-state index contributed by atoms with van der Waals surface area (Å²) < 4.78 is 11.7. The van der Waals surface area contributed by atoms with E-state index in [4.69, 9.17) is 9.47 Å². The van der Waals surface area contributed by atoms with Gasteiger partial charge in [-0.05, 0) is 24.1 Å². The van der Waals surface area contributed by atoms with Crippen molar-refractivity contribution in [3.05, 3.63) is 65.6 Å². The number of benzene rings is 2.